The van der Waals surface area contributed by atoms with E-state index in [2.05, 4.69) is 17.1 Å². The van der Waals surface area contributed by atoms with Gasteiger partial charge in [-0.3, -0.25) is 9.69 Å². The predicted octanol–water partition coefficient (Wildman–Crippen LogP) is 0.341. The van der Waals surface area contributed by atoms with Gasteiger partial charge in [-0.2, -0.15) is 0 Å². The number of carbonyl (C=O) groups is 1. The maximum absolute atomic E-state index is 12.3. The summed E-state index contributed by atoms with van der Waals surface area (Å²) in [7, 11) is 0. The Bertz CT molecular complexity index is 318. The lowest BCUT2D eigenvalue weighted by Crippen LogP contribution is -2.52. The first kappa shape index (κ1) is 14.8. The van der Waals surface area contributed by atoms with Crippen molar-refractivity contribution in [2.45, 2.75) is 45.2 Å². The van der Waals surface area contributed by atoms with E-state index in [-0.39, 0.29) is 11.9 Å². The van der Waals surface area contributed by atoms with Crippen LogP contribution in [0.1, 0.15) is 33.1 Å². The molecule has 0 aromatic rings. The number of nitrogens with zero attached hydrogens (tertiary/aromatic N) is 1. The highest BCUT2D eigenvalue weighted by Crippen LogP contribution is 2.27. The van der Waals surface area contributed by atoms with Gasteiger partial charge in [-0.1, -0.05) is 6.42 Å². The summed E-state index contributed by atoms with van der Waals surface area (Å²) in [5.74, 6) is 0.0290. The highest BCUT2D eigenvalue weighted by atomic mass is 16.5. The minimum absolute atomic E-state index is 0.0290. The van der Waals surface area contributed by atoms with Crippen LogP contribution in [-0.4, -0.2) is 55.7 Å². The third kappa shape index (κ3) is 3.27. The summed E-state index contributed by atoms with van der Waals surface area (Å²) in [5, 5.41) is 3.05. The predicted molar refractivity (Wildman–Crippen MR) is 74.8 cm³/mol. The normalized spacial score (nSPS) is 34.2. The molecular formula is C14H27N3O2. The molecule has 2 heterocycles. The molecule has 110 valence electrons. The molecule has 0 aromatic heterocycles. The van der Waals surface area contributed by atoms with Gasteiger partial charge in [-0.05, 0) is 39.8 Å². The van der Waals surface area contributed by atoms with Crippen LogP contribution in [0.5, 0.6) is 0 Å². The minimum atomic E-state index is -0.568. The quantitative estimate of drug-likeness (QED) is 0.772. The number of amides is 1. The van der Waals surface area contributed by atoms with Crippen LogP contribution < -0.4 is 11.1 Å². The molecule has 0 aromatic carbocycles. The molecule has 1 amide bonds. The second-order valence-corrected chi connectivity index (χ2v) is 6.19. The van der Waals surface area contributed by atoms with Crippen LogP contribution in [0.25, 0.3) is 0 Å². The van der Waals surface area contributed by atoms with Crippen molar-refractivity contribution in [3.63, 3.8) is 0 Å². The third-order valence-electron chi connectivity index (χ3n) is 4.61. The van der Waals surface area contributed by atoms with Crippen LogP contribution in [0.4, 0.5) is 0 Å². The highest BCUT2D eigenvalue weighted by molar-refractivity contribution is 5.83. The van der Waals surface area contributed by atoms with E-state index in [0.29, 0.717) is 25.8 Å². The number of hydrogen-bond donors (Lipinski definition) is 2. The largest absolute Gasteiger partial charge is 0.379 e. The maximum atomic E-state index is 12.3. The van der Waals surface area contributed by atoms with Crippen molar-refractivity contribution in [1.82, 2.24) is 10.2 Å². The van der Waals surface area contributed by atoms with Crippen LogP contribution in [0.2, 0.25) is 0 Å². The summed E-state index contributed by atoms with van der Waals surface area (Å²) in [6, 6.07) is 0.198. The molecule has 0 aliphatic carbocycles. The molecule has 2 fully saturated rings. The minimum Gasteiger partial charge on any atom is -0.379 e. The molecule has 0 radical (unpaired) electrons. The molecule has 3 atom stereocenters. The lowest BCUT2D eigenvalue weighted by molar-refractivity contribution is -0.130. The van der Waals surface area contributed by atoms with Crippen molar-refractivity contribution in [1.29, 1.82) is 0 Å². The molecule has 2 aliphatic rings. The first-order chi connectivity index (χ1) is 9.04. The molecule has 5 heteroatoms. The number of ether oxygens (including phenoxy) is 1. The lowest BCUT2D eigenvalue weighted by atomic mass is 9.85. The van der Waals surface area contributed by atoms with E-state index in [4.69, 9.17) is 10.5 Å². The van der Waals surface area contributed by atoms with Gasteiger partial charge >= 0.3 is 0 Å². The molecule has 2 rings (SSSR count). The molecule has 2 saturated heterocycles. The van der Waals surface area contributed by atoms with Gasteiger partial charge < -0.3 is 15.8 Å². The van der Waals surface area contributed by atoms with E-state index >= 15 is 0 Å². The second-order valence-electron chi connectivity index (χ2n) is 6.19. The lowest BCUT2D eigenvalue weighted by Gasteiger charge is -2.33. The van der Waals surface area contributed by atoms with Gasteiger partial charge in [0.2, 0.25) is 5.91 Å². The summed E-state index contributed by atoms with van der Waals surface area (Å²) in [5.41, 5.74) is 5.40. The Morgan fingerprint density at radius 1 is 1.47 bits per heavy atom. The molecule has 19 heavy (non-hydrogen) atoms. The number of piperidine rings is 1. The van der Waals surface area contributed by atoms with Crippen molar-refractivity contribution < 1.29 is 9.53 Å². The van der Waals surface area contributed by atoms with E-state index in [1.165, 1.54) is 19.3 Å². The zero-order valence-electron chi connectivity index (χ0n) is 12.2. The fourth-order valence-electron chi connectivity index (χ4n) is 2.85. The van der Waals surface area contributed by atoms with Gasteiger partial charge in [0, 0.05) is 18.6 Å². The Morgan fingerprint density at radius 2 is 2.16 bits per heavy atom. The number of likely N-dealkylation sites (tertiary alicyclic amines) is 1. The fraction of sp³-hybridized carbons (Fsp3) is 0.929. The van der Waals surface area contributed by atoms with E-state index < -0.39 is 5.41 Å². The first-order valence-electron chi connectivity index (χ1n) is 7.40. The first-order valence-corrected chi connectivity index (χ1v) is 7.40. The van der Waals surface area contributed by atoms with Crippen LogP contribution in [0.15, 0.2) is 0 Å². The third-order valence-corrected chi connectivity index (χ3v) is 4.61. The fourth-order valence-corrected chi connectivity index (χ4v) is 2.85. The van der Waals surface area contributed by atoms with Crippen molar-refractivity contribution in [2.24, 2.45) is 11.1 Å². The topological polar surface area (TPSA) is 67.6 Å². The van der Waals surface area contributed by atoms with Crippen LogP contribution in [0.3, 0.4) is 0 Å². The SMILES string of the molecule is CC(CNC(=O)C1(C)COCC1N)N1CCCCC1. The van der Waals surface area contributed by atoms with Crippen molar-refractivity contribution in [3.8, 4) is 0 Å². The van der Waals surface area contributed by atoms with Crippen LogP contribution in [0, 0.1) is 5.41 Å². The molecule has 0 bridgehead atoms. The van der Waals surface area contributed by atoms with E-state index in [0.717, 1.165) is 13.1 Å². The van der Waals surface area contributed by atoms with Gasteiger partial charge in [0.15, 0.2) is 0 Å². The van der Waals surface area contributed by atoms with E-state index in [1.807, 2.05) is 6.92 Å². The van der Waals surface area contributed by atoms with Crippen molar-refractivity contribution in [2.75, 3.05) is 32.8 Å². The average molecular weight is 269 g/mol. The van der Waals surface area contributed by atoms with E-state index in [9.17, 15) is 4.79 Å². The van der Waals surface area contributed by atoms with Crippen LogP contribution >= 0.6 is 0 Å². The molecule has 0 saturated carbocycles. The van der Waals surface area contributed by atoms with Gasteiger partial charge in [0.05, 0.1) is 18.6 Å². The Morgan fingerprint density at radius 3 is 2.74 bits per heavy atom. The highest BCUT2D eigenvalue weighted by Gasteiger charge is 2.44. The molecule has 5 nitrogen and oxygen atoms in total. The number of nitrogens with one attached hydrogen (secondary N) is 1. The summed E-state index contributed by atoms with van der Waals surface area (Å²) in [6.45, 7) is 7.98. The summed E-state index contributed by atoms with van der Waals surface area (Å²) in [4.78, 5) is 14.7. The Hall–Kier alpha value is -0.650. The van der Waals surface area contributed by atoms with Crippen molar-refractivity contribution >= 4 is 5.91 Å². The molecule has 2 aliphatic heterocycles. The molecule has 3 unspecified atom stereocenters. The molecule has 0 spiro atoms. The average Bonchev–Trinajstić information content (AvgIpc) is 2.78. The van der Waals surface area contributed by atoms with Gasteiger partial charge in [0.25, 0.3) is 0 Å². The number of rotatable bonds is 4. The van der Waals surface area contributed by atoms with E-state index in [1.54, 1.807) is 0 Å². The number of nitrogens with two attached hydrogens (primary N) is 1. The Labute approximate surface area is 115 Å². The van der Waals surface area contributed by atoms with Gasteiger partial charge in [-0.25, -0.2) is 0 Å². The Balaban J connectivity index is 1.79. The van der Waals surface area contributed by atoms with Crippen molar-refractivity contribution in [3.05, 3.63) is 0 Å². The van der Waals surface area contributed by atoms with Crippen LogP contribution in [-0.2, 0) is 9.53 Å². The molecule has 3 N–H and O–H groups in total. The monoisotopic (exact) mass is 269 g/mol. The Kier molecular flexibility index (Phi) is 4.81. The standard InChI is InChI=1S/C14H27N3O2/c1-11(17-6-4-3-5-7-17)8-16-13(18)14(2)10-19-9-12(14)15/h11-12H,3-10,15H2,1-2H3,(H,16,18). The summed E-state index contributed by atoms with van der Waals surface area (Å²) >= 11 is 0. The van der Waals surface area contributed by atoms with Gasteiger partial charge in [-0.15, -0.1) is 0 Å². The smallest absolute Gasteiger partial charge is 0.229 e. The summed E-state index contributed by atoms with van der Waals surface area (Å²) in [6.07, 6.45) is 3.88. The zero-order valence-corrected chi connectivity index (χ0v) is 12.2. The zero-order chi connectivity index (χ0) is 13.9. The number of carbonyl (C=O) groups excluding carboxylic acids is 1. The second kappa shape index (κ2) is 6.20. The van der Waals surface area contributed by atoms with Gasteiger partial charge in [0.1, 0.15) is 0 Å². The summed E-state index contributed by atoms with van der Waals surface area (Å²) < 4.78 is 5.32. The molecular weight excluding hydrogens is 242 g/mol. The maximum Gasteiger partial charge on any atom is 0.229 e. The number of hydrogen-bond acceptors (Lipinski definition) is 4.